The Hall–Kier alpha value is -2.58. The van der Waals surface area contributed by atoms with Crippen molar-refractivity contribution < 1.29 is 19.8 Å². The number of ether oxygens (including phenoxy) is 1. The smallest absolute Gasteiger partial charge is 0.316 e. The topological polar surface area (TPSA) is 152 Å². The molecule has 1 unspecified atom stereocenters. The largest absolute Gasteiger partial charge is 0.465 e. The molecule has 1 aliphatic carbocycles. The van der Waals surface area contributed by atoms with E-state index < -0.39 is 11.0 Å². The van der Waals surface area contributed by atoms with Crippen molar-refractivity contribution in [1.29, 1.82) is 5.41 Å². The zero-order valence-electron chi connectivity index (χ0n) is 12.1. The molecule has 5 N–H and O–H groups in total. The van der Waals surface area contributed by atoms with Crippen molar-refractivity contribution in [2.75, 3.05) is 6.61 Å². The zero-order chi connectivity index (χ0) is 16.6. The van der Waals surface area contributed by atoms with E-state index in [0.717, 1.165) is 5.70 Å². The summed E-state index contributed by atoms with van der Waals surface area (Å²) in [5.41, 5.74) is 5.79. The molecule has 0 radical (unpaired) electrons. The summed E-state index contributed by atoms with van der Waals surface area (Å²) in [5, 5.41) is 23.6. The fraction of sp³-hybridized carbons (Fsp3) is 0.500. The fourth-order valence-electron chi connectivity index (χ4n) is 1.62. The molecule has 0 aromatic heterocycles. The molecule has 9 heteroatoms. The summed E-state index contributed by atoms with van der Waals surface area (Å²) in [6.07, 6.45) is 5.47. The lowest BCUT2D eigenvalue weighted by Crippen LogP contribution is -2.37. The van der Waals surface area contributed by atoms with Gasteiger partial charge in [0.15, 0.2) is 5.96 Å². The second kappa shape index (κ2) is 7.88. The molecule has 1 aliphatic rings. The second-order valence-corrected chi connectivity index (χ2v) is 4.72. The van der Waals surface area contributed by atoms with Crippen LogP contribution in [0.5, 0.6) is 0 Å². The molecule has 0 saturated heterocycles. The maximum atomic E-state index is 11.6. The van der Waals surface area contributed by atoms with Gasteiger partial charge in [-0.25, -0.2) is 0 Å². The minimum Gasteiger partial charge on any atom is -0.465 e. The van der Waals surface area contributed by atoms with Crippen LogP contribution < -0.4 is 11.1 Å². The number of carbonyl (C=O) groups is 1. The molecule has 21 heavy (non-hydrogen) atoms. The summed E-state index contributed by atoms with van der Waals surface area (Å²) in [6.45, 7) is 6.09. The number of carbonyl (C=O) groups excluding carboxylic acids is 1. The molecule has 0 spiro atoms. The van der Waals surface area contributed by atoms with E-state index in [1.807, 2.05) is 26.0 Å². The molecule has 0 fully saturated rings. The molecule has 1 rings (SSSR count). The Kier molecular flexibility index (Phi) is 6.91. The van der Waals surface area contributed by atoms with E-state index in [9.17, 15) is 4.79 Å². The SMILES string of the molecule is CCOC(=O)C1C=CC(C)(C)C(NC(=N)N)=C1.O=[N+]([O-])O. The summed E-state index contributed by atoms with van der Waals surface area (Å²) in [6, 6.07) is 0. The normalized spacial score (nSPS) is 18.6. The Morgan fingerprint density at radius 3 is 2.62 bits per heavy atom. The van der Waals surface area contributed by atoms with Gasteiger partial charge in [0.2, 0.25) is 0 Å². The van der Waals surface area contributed by atoms with Crippen LogP contribution in [0, 0.1) is 26.9 Å². The molecule has 0 aromatic carbocycles. The van der Waals surface area contributed by atoms with Crippen LogP contribution in [-0.2, 0) is 9.53 Å². The maximum absolute atomic E-state index is 11.6. The highest BCUT2D eigenvalue weighted by atomic mass is 16.9. The van der Waals surface area contributed by atoms with Gasteiger partial charge in [0.05, 0.1) is 12.5 Å². The molecule has 0 amide bonds. The van der Waals surface area contributed by atoms with Gasteiger partial charge in [-0.1, -0.05) is 26.0 Å². The van der Waals surface area contributed by atoms with Crippen LogP contribution in [0.1, 0.15) is 20.8 Å². The number of hydrogen-bond acceptors (Lipinski definition) is 5. The lowest BCUT2D eigenvalue weighted by atomic mass is 9.82. The van der Waals surface area contributed by atoms with Crippen molar-refractivity contribution in [2.45, 2.75) is 20.8 Å². The van der Waals surface area contributed by atoms with Crippen molar-refractivity contribution >= 4 is 11.9 Å². The maximum Gasteiger partial charge on any atom is 0.316 e. The van der Waals surface area contributed by atoms with Gasteiger partial charge in [-0.3, -0.25) is 10.2 Å². The molecule has 118 valence electrons. The first-order valence-corrected chi connectivity index (χ1v) is 6.12. The number of allylic oxidation sites excluding steroid dienone is 1. The zero-order valence-corrected chi connectivity index (χ0v) is 12.1. The third kappa shape index (κ3) is 6.95. The van der Waals surface area contributed by atoms with Crippen LogP contribution in [0.2, 0.25) is 0 Å². The molecule has 0 saturated carbocycles. The summed E-state index contributed by atoms with van der Waals surface area (Å²) in [5.74, 6) is -0.839. The van der Waals surface area contributed by atoms with E-state index in [-0.39, 0.29) is 17.3 Å². The van der Waals surface area contributed by atoms with Crippen LogP contribution in [0.3, 0.4) is 0 Å². The number of esters is 1. The second-order valence-electron chi connectivity index (χ2n) is 4.72. The lowest BCUT2D eigenvalue weighted by Gasteiger charge is -2.29. The number of nitrogens with one attached hydrogen (secondary N) is 2. The van der Waals surface area contributed by atoms with Gasteiger partial charge in [-0.2, -0.15) is 0 Å². The van der Waals surface area contributed by atoms with Gasteiger partial charge >= 0.3 is 5.97 Å². The van der Waals surface area contributed by atoms with Crippen molar-refractivity contribution in [3.8, 4) is 0 Å². The van der Waals surface area contributed by atoms with E-state index in [2.05, 4.69) is 5.32 Å². The summed E-state index contributed by atoms with van der Waals surface area (Å²) in [4.78, 5) is 20.0. The van der Waals surface area contributed by atoms with E-state index >= 15 is 0 Å². The van der Waals surface area contributed by atoms with Crippen LogP contribution in [-0.4, -0.2) is 28.8 Å². The number of rotatable bonds is 3. The van der Waals surface area contributed by atoms with E-state index in [0.29, 0.717) is 6.61 Å². The molecule has 0 bridgehead atoms. The number of nitrogens with zero attached hydrogens (tertiary/aromatic N) is 1. The van der Waals surface area contributed by atoms with Gasteiger partial charge in [-0.15, -0.1) is 10.1 Å². The van der Waals surface area contributed by atoms with Crippen molar-refractivity contribution in [3.05, 3.63) is 34.0 Å². The van der Waals surface area contributed by atoms with Gasteiger partial charge in [0.1, 0.15) is 0 Å². The Balaban J connectivity index is 0.000000885. The lowest BCUT2D eigenvalue weighted by molar-refractivity contribution is -0.742. The van der Waals surface area contributed by atoms with Crippen molar-refractivity contribution in [2.24, 2.45) is 17.1 Å². The Labute approximate surface area is 122 Å². The molecular formula is C12H20N4O5. The van der Waals surface area contributed by atoms with Crippen LogP contribution in [0.15, 0.2) is 23.9 Å². The average Bonchev–Trinajstić information content (AvgIpc) is 2.30. The van der Waals surface area contributed by atoms with Crippen molar-refractivity contribution in [3.63, 3.8) is 0 Å². The number of nitrogens with two attached hydrogens (primary N) is 1. The summed E-state index contributed by atoms with van der Waals surface area (Å²) < 4.78 is 4.96. The highest BCUT2D eigenvalue weighted by Crippen LogP contribution is 2.32. The van der Waals surface area contributed by atoms with E-state index in [4.69, 9.17) is 31.2 Å². The third-order valence-corrected chi connectivity index (χ3v) is 2.59. The van der Waals surface area contributed by atoms with Crippen LogP contribution in [0.4, 0.5) is 0 Å². The van der Waals surface area contributed by atoms with E-state index in [1.165, 1.54) is 0 Å². The molecule has 0 aliphatic heterocycles. The standard InChI is InChI=1S/C12H19N3O2.HNO3/c1-4-17-10(16)8-5-6-12(2,3)9(7-8)15-11(13)14;2-1(3)4/h5-8H,4H2,1-3H3,(H4,13,14,15);(H,2,3,4). The number of hydrogen-bond donors (Lipinski definition) is 4. The predicted octanol–water partition coefficient (Wildman–Crippen LogP) is 0.781. The number of guanidine groups is 1. The Morgan fingerprint density at radius 2 is 2.19 bits per heavy atom. The minimum absolute atomic E-state index is 0.137. The first kappa shape index (κ1) is 18.4. The molecule has 0 heterocycles. The van der Waals surface area contributed by atoms with Crippen LogP contribution in [0.25, 0.3) is 0 Å². The molecule has 9 nitrogen and oxygen atoms in total. The average molecular weight is 300 g/mol. The molecule has 1 atom stereocenters. The van der Waals surface area contributed by atoms with Gasteiger partial charge in [-0.05, 0) is 13.0 Å². The van der Waals surface area contributed by atoms with Crippen molar-refractivity contribution in [1.82, 2.24) is 5.32 Å². The summed E-state index contributed by atoms with van der Waals surface area (Å²) >= 11 is 0. The Morgan fingerprint density at radius 1 is 1.67 bits per heavy atom. The minimum atomic E-state index is -1.50. The molecular weight excluding hydrogens is 280 g/mol. The first-order valence-electron chi connectivity index (χ1n) is 6.12. The fourth-order valence-corrected chi connectivity index (χ4v) is 1.62. The van der Waals surface area contributed by atoms with Gasteiger partial charge in [0, 0.05) is 11.1 Å². The predicted molar refractivity (Wildman–Crippen MR) is 75.0 cm³/mol. The van der Waals surface area contributed by atoms with Gasteiger partial charge in [0.25, 0.3) is 5.09 Å². The monoisotopic (exact) mass is 300 g/mol. The van der Waals surface area contributed by atoms with Gasteiger partial charge < -0.3 is 21.0 Å². The van der Waals surface area contributed by atoms with E-state index in [1.54, 1.807) is 13.0 Å². The highest BCUT2D eigenvalue weighted by Gasteiger charge is 2.28. The third-order valence-electron chi connectivity index (χ3n) is 2.59. The quantitative estimate of drug-likeness (QED) is 0.150. The van der Waals surface area contributed by atoms with Crippen LogP contribution >= 0.6 is 0 Å². The Bertz CT molecular complexity index is 466. The molecule has 0 aromatic rings. The summed E-state index contributed by atoms with van der Waals surface area (Å²) in [7, 11) is 0. The highest BCUT2D eigenvalue weighted by molar-refractivity contribution is 5.79. The first-order chi connectivity index (χ1) is 9.60.